The van der Waals surface area contributed by atoms with E-state index < -0.39 is 11.6 Å². The zero-order chi connectivity index (χ0) is 24.6. The molecule has 0 heterocycles. The Kier molecular flexibility index (Phi) is 9.38. The standard InChI is InChI=1S/C32H37ClF2/c1-2-3-4-23-7-14-27(15-8-23)28-16-9-24(10-17-28)5-6-26-21-31(34)30(32(35)22-26)20-13-25-11-18-29(33)19-12-25/h7-8,11-12,14-15,18-19,21-22,24,28H,2-6,9-10,13,16-17,20H2,1H3/t24-,28-. The number of aryl methyl sites for hydroxylation is 3. The van der Waals surface area contributed by atoms with Crippen molar-refractivity contribution in [3.63, 3.8) is 0 Å². The Bertz CT molecular complexity index is 1040. The predicted molar refractivity (Wildman–Crippen MR) is 143 cm³/mol. The van der Waals surface area contributed by atoms with Gasteiger partial charge in [-0.25, -0.2) is 8.78 Å². The van der Waals surface area contributed by atoms with Gasteiger partial charge in [0.1, 0.15) is 11.6 Å². The lowest BCUT2D eigenvalue weighted by atomic mass is 9.76. The third-order valence-electron chi connectivity index (χ3n) is 7.74. The van der Waals surface area contributed by atoms with Crippen LogP contribution in [0.4, 0.5) is 8.78 Å². The number of benzene rings is 3. The van der Waals surface area contributed by atoms with Crippen LogP contribution in [0.5, 0.6) is 0 Å². The molecule has 0 amide bonds. The van der Waals surface area contributed by atoms with Crippen molar-refractivity contribution in [1.82, 2.24) is 0 Å². The van der Waals surface area contributed by atoms with Crippen LogP contribution in [-0.4, -0.2) is 0 Å². The molecule has 0 bridgehead atoms. The highest BCUT2D eigenvalue weighted by atomic mass is 35.5. The average molecular weight is 495 g/mol. The van der Waals surface area contributed by atoms with Crippen LogP contribution >= 0.6 is 11.6 Å². The summed E-state index contributed by atoms with van der Waals surface area (Å²) in [4.78, 5) is 0. The van der Waals surface area contributed by atoms with E-state index in [1.54, 1.807) is 12.1 Å². The number of halogens is 3. The van der Waals surface area contributed by atoms with E-state index in [-0.39, 0.29) is 5.56 Å². The van der Waals surface area contributed by atoms with Gasteiger partial charge >= 0.3 is 0 Å². The maximum Gasteiger partial charge on any atom is 0.129 e. The highest BCUT2D eigenvalue weighted by Gasteiger charge is 2.22. The highest BCUT2D eigenvalue weighted by Crippen LogP contribution is 2.37. The zero-order valence-corrected chi connectivity index (χ0v) is 21.6. The minimum absolute atomic E-state index is 0.185. The molecule has 0 saturated heterocycles. The van der Waals surface area contributed by atoms with Crippen LogP contribution in [0, 0.1) is 17.6 Å². The first-order valence-corrected chi connectivity index (χ1v) is 13.7. The Morgan fingerprint density at radius 2 is 1.31 bits per heavy atom. The largest absolute Gasteiger partial charge is 0.207 e. The molecule has 0 aromatic heterocycles. The second kappa shape index (κ2) is 12.7. The van der Waals surface area contributed by atoms with Crippen molar-refractivity contribution in [2.24, 2.45) is 5.92 Å². The molecular weight excluding hydrogens is 458 g/mol. The molecule has 1 aliphatic carbocycles. The van der Waals surface area contributed by atoms with Crippen molar-refractivity contribution in [3.05, 3.63) is 105 Å². The Hall–Kier alpha value is -2.19. The van der Waals surface area contributed by atoms with Crippen molar-refractivity contribution >= 4 is 11.6 Å². The number of hydrogen-bond acceptors (Lipinski definition) is 0. The van der Waals surface area contributed by atoms with Crippen molar-refractivity contribution in [2.75, 3.05) is 0 Å². The Morgan fingerprint density at radius 1 is 0.714 bits per heavy atom. The summed E-state index contributed by atoms with van der Waals surface area (Å²) in [6, 6.07) is 19.8. The van der Waals surface area contributed by atoms with Crippen LogP contribution in [0.2, 0.25) is 5.02 Å². The van der Waals surface area contributed by atoms with Gasteiger partial charge in [0.15, 0.2) is 0 Å². The molecule has 0 spiro atoms. The molecule has 0 nitrogen and oxygen atoms in total. The molecule has 0 radical (unpaired) electrons. The van der Waals surface area contributed by atoms with Gasteiger partial charge in [-0.1, -0.05) is 61.3 Å². The minimum Gasteiger partial charge on any atom is -0.207 e. The molecule has 35 heavy (non-hydrogen) atoms. The van der Waals surface area contributed by atoms with E-state index in [4.69, 9.17) is 11.6 Å². The van der Waals surface area contributed by atoms with E-state index in [1.807, 2.05) is 24.3 Å². The van der Waals surface area contributed by atoms with E-state index in [1.165, 1.54) is 56.1 Å². The van der Waals surface area contributed by atoms with E-state index >= 15 is 0 Å². The molecule has 4 rings (SSSR count). The Balaban J connectivity index is 1.25. The highest BCUT2D eigenvalue weighted by molar-refractivity contribution is 6.30. The molecule has 186 valence electrons. The molecule has 1 fully saturated rings. The van der Waals surface area contributed by atoms with Gasteiger partial charge in [0, 0.05) is 10.6 Å². The molecule has 0 unspecified atom stereocenters. The Morgan fingerprint density at radius 3 is 1.94 bits per heavy atom. The predicted octanol–water partition coefficient (Wildman–Crippen LogP) is 9.65. The number of hydrogen-bond donors (Lipinski definition) is 0. The van der Waals surface area contributed by atoms with Gasteiger partial charge in [-0.2, -0.15) is 0 Å². The quantitative estimate of drug-likeness (QED) is 0.263. The van der Waals surface area contributed by atoms with Crippen LogP contribution in [0.15, 0.2) is 60.7 Å². The van der Waals surface area contributed by atoms with E-state index in [0.717, 1.165) is 24.0 Å². The van der Waals surface area contributed by atoms with Gasteiger partial charge in [-0.05, 0) is 123 Å². The molecule has 3 heteroatoms. The average Bonchev–Trinajstić information content (AvgIpc) is 2.87. The minimum atomic E-state index is -0.417. The first kappa shape index (κ1) is 25.9. The number of rotatable bonds is 10. The first-order valence-electron chi connectivity index (χ1n) is 13.3. The molecule has 0 atom stereocenters. The van der Waals surface area contributed by atoms with Gasteiger partial charge < -0.3 is 0 Å². The van der Waals surface area contributed by atoms with Gasteiger partial charge in [-0.15, -0.1) is 0 Å². The Labute approximate surface area is 214 Å². The van der Waals surface area contributed by atoms with Gasteiger partial charge in [0.2, 0.25) is 0 Å². The summed E-state index contributed by atoms with van der Waals surface area (Å²) in [6.45, 7) is 2.24. The van der Waals surface area contributed by atoms with Crippen molar-refractivity contribution in [1.29, 1.82) is 0 Å². The van der Waals surface area contributed by atoms with E-state index in [9.17, 15) is 8.78 Å². The summed E-state index contributed by atoms with van der Waals surface area (Å²) in [6.07, 6.45) is 11.2. The van der Waals surface area contributed by atoms with Gasteiger partial charge in [-0.3, -0.25) is 0 Å². The first-order chi connectivity index (χ1) is 17.0. The molecule has 1 aliphatic rings. The summed E-state index contributed by atoms with van der Waals surface area (Å²) in [5.41, 5.74) is 4.91. The normalized spacial score (nSPS) is 18.1. The molecule has 0 N–H and O–H groups in total. The smallest absolute Gasteiger partial charge is 0.129 e. The topological polar surface area (TPSA) is 0 Å². The van der Waals surface area contributed by atoms with Crippen LogP contribution < -0.4 is 0 Å². The fraction of sp³-hybridized carbons (Fsp3) is 0.438. The fourth-order valence-electron chi connectivity index (χ4n) is 5.45. The molecule has 3 aromatic carbocycles. The monoisotopic (exact) mass is 494 g/mol. The van der Waals surface area contributed by atoms with Crippen LogP contribution in [0.1, 0.15) is 85.6 Å². The molecule has 3 aromatic rings. The SMILES string of the molecule is CCCCc1ccc([C@H]2CC[C@H](CCc3cc(F)c(CCc4ccc(Cl)cc4)c(F)c3)CC2)cc1. The van der Waals surface area contributed by atoms with Crippen LogP contribution in [-0.2, 0) is 25.7 Å². The molecule has 1 saturated carbocycles. The van der Waals surface area contributed by atoms with E-state index in [2.05, 4.69) is 31.2 Å². The van der Waals surface area contributed by atoms with E-state index in [0.29, 0.717) is 29.7 Å². The third-order valence-corrected chi connectivity index (χ3v) is 7.99. The maximum atomic E-state index is 14.7. The zero-order valence-electron chi connectivity index (χ0n) is 20.8. The summed E-state index contributed by atoms with van der Waals surface area (Å²) >= 11 is 5.92. The van der Waals surface area contributed by atoms with Gasteiger partial charge in [0.05, 0.1) is 0 Å². The second-order valence-corrected chi connectivity index (χ2v) is 10.7. The fourth-order valence-corrected chi connectivity index (χ4v) is 5.58. The lowest BCUT2D eigenvalue weighted by Gasteiger charge is -2.29. The summed E-state index contributed by atoms with van der Waals surface area (Å²) in [5.74, 6) is 0.465. The van der Waals surface area contributed by atoms with Crippen molar-refractivity contribution < 1.29 is 8.78 Å². The van der Waals surface area contributed by atoms with Crippen molar-refractivity contribution in [3.8, 4) is 0 Å². The van der Waals surface area contributed by atoms with Crippen LogP contribution in [0.25, 0.3) is 0 Å². The third kappa shape index (κ3) is 7.40. The molecule has 0 aliphatic heterocycles. The summed E-state index contributed by atoms with van der Waals surface area (Å²) in [5, 5.41) is 0.667. The summed E-state index contributed by atoms with van der Waals surface area (Å²) in [7, 11) is 0. The van der Waals surface area contributed by atoms with Crippen molar-refractivity contribution in [2.45, 2.75) is 83.5 Å². The maximum absolute atomic E-state index is 14.7. The number of unbranched alkanes of at least 4 members (excludes halogenated alkanes) is 1. The van der Waals surface area contributed by atoms with Crippen LogP contribution in [0.3, 0.4) is 0 Å². The molecular formula is C32H37ClF2. The lowest BCUT2D eigenvalue weighted by molar-refractivity contribution is 0.310. The lowest BCUT2D eigenvalue weighted by Crippen LogP contribution is -2.14. The second-order valence-electron chi connectivity index (χ2n) is 10.3. The van der Waals surface area contributed by atoms with Gasteiger partial charge in [0.25, 0.3) is 0 Å². The summed E-state index contributed by atoms with van der Waals surface area (Å²) < 4.78 is 29.4.